The van der Waals surface area contributed by atoms with Crippen molar-refractivity contribution in [1.29, 1.82) is 0 Å². The molecule has 16 heavy (non-hydrogen) atoms. The van der Waals surface area contributed by atoms with Crippen LogP contribution >= 0.6 is 23.4 Å². The van der Waals surface area contributed by atoms with Crippen LogP contribution in [0.2, 0.25) is 0 Å². The zero-order valence-corrected chi connectivity index (χ0v) is 11.7. The van der Waals surface area contributed by atoms with Gasteiger partial charge < -0.3 is 0 Å². The van der Waals surface area contributed by atoms with Crippen LogP contribution in [-0.2, 0) is 9.84 Å². The first-order chi connectivity index (χ1) is 7.45. The third kappa shape index (κ3) is 4.00. The first-order valence-electron chi connectivity index (χ1n) is 4.97. The smallest absolute Gasteiger partial charge is 0.176 e. The summed E-state index contributed by atoms with van der Waals surface area (Å²) in [4.78, 5) is 1.21. The van der Waals surface area contributed by atoms with E-state index in [-0.39, 0.29) is 0 Å². The Kier molecular flexibility index (Phi) is 5.15. The molecule has 2 nitrogen and oxygen atoms in total. The van der Waals surface area contributed by atoms with E-state index >= 15 is 0 Å². The van der Waals surface area contributed by atoms with E-state index in [1.807, 2.05) is 19.1 Å². The molecular formula is C11H15ClO2S2. The Morgan fingerprint density at radius 3 is 2.56 bits per heavy atom. The summed E-state index contributed by atoms with van der Waals surface area (Å²) >= 11 is 7.22. The lowest BCUT2D eigenvalue weighted by molar-refractivity contribution is 0.600. The Balaban J connectivity index is 2.96. The van der Waals surface area contributed by atoms with E-state index < -0.39 is 9.84 Å². The van der Waals surface area contributed by atoms with Crippen LogP contribution in [0.25, 0.3) is 0 Å². The quantitative estimate of drug-likeness (QED) is 0.613. The van der Waals surface area contributed by atoms with Gasteiger partial charge in [0.1, 0.15) is 0 Å². The monoisotopic (exact) mass is 278 g/mol. The zero-order chi connectivity index (χ0) is 12.2. The summed E-state index contributed by atoms with van der Waals surface area (Å²) in [5.41, 5.74) is 0. The molecule has 5 heteroatoms. The average Bonchev–Trinajstić information content (AvgIpc) is 2.17. The van der Waals surface area contributed by atoms with Crippen molar-refractivity contribution in [2.75, 3.05) is 12.1 Å². The second-order valence-corrected chi connectivity index (χ2v) is 7.47. The molecule has 0 spiro atoms. The number of sulfone groups is 1. The van der Waals surface area contributed by atoms with Gasteiger partial charge in [0, 0.05) is 22.3 Å². The van der Waals surface area contributed by atoms with Gasteiger partial charge in [-0.3, -0.25) is 0 Å². The van der Waals surface area contributed by atoms with Gasteiger partial charge in [-0.1, -0.05) is 19.1 Å². The van der Waals surface area contributed by atoms with E-state index in [1.54, 1.807) is 23.9 Å². The summed E-state index contributed by atoms with van der Waals surface area (Å²) in [5.74, 6) is 0.592. The third-order valence-corrected chi connectivity index (χ3v) is 4.84. The molecule has 0 heterocycles. The van der Waals surface area contributed by atoms with E-state index in [1.165, 1.54) is 6.26 Å². The van der Waals surface area contributed by atoms with Crippen LogP contribution in [0.5, 0.6) is 0 Å². The highest BCUT2D eigenvalue weighted by atomic mass is 35.5. The second-order valence-electron chi connectivity index (χ2n) is 3.63. The number of alkyl halides is 1. The van der Waals surface area contributed by atoms with Gasteiger partial charge in [0.05, 0.1) is 4.90 Å². The molecule has 1 atom stereocenters. The van der Waals surface area contributed by atoms with Crippen molar-refractivity contribution in [2.45, 2.75) is 28.4 Å². The van der Waals surface area contributed by atoms with E-state index in [0.29, 0.717) is 16.0 Å². The zero-order valence-electron chi connectivity index (χ0n) is 9.31. The highest BCUT2D eigenvalue weighted by Gasteiger charge is 2.14. The normalized spacial score (nSPS) is 13.7. The maximum Gasteiger partial charge on any atom is 0.176 e. The van der Waals surface area contributed by atoms with Gasteiger partial charge in [-0.15, -0.1) is 23.4 Å². The molecule has 1 aromatic rings. The summed E-state index contributed by atoms with van der Waals surface area (Å²) in [5, 5.41) is 0.320. The van der Waals surface area contributed by atoms with E-state index in [9.17, 15) is 8.42 Å². The number of hydrogen-bond donors (Lipinski definition) is 0. The average molecular weight is 279 g/mol. The van der Waals surface area contributed by atoms with Gasteiger partial charge in [-0.2, -0.15) is 0 Å². The van der Waals surface area contributed by atoms with Crippen LogP contribution in [0, 0.1) is 0 Å². The molecule has 0 saturated heterocycles. The number of rotatable bonds is 5. The predicted molar refractivity (Wildman–Crippen MR) is 70.2 cm³/mol. The van der Waals surface area contributed by atoms with Crippen molar-refractivity contribution in [1.82, 2.24) is 0 Å². The van der Waals surface area contributed by atoms with Gasteiger partial charge in [-0.25, -0.2) is 8.42 Å². The molecular weight excluding hydrogens is 264 g/mol. The van der Waals surface area contributed by atoms with E-state index in [4.69, 9.17) is 11.6 Å². The minimum absolute atomic E-state index is 0.320. The largest absolute Gasteiger partial charge is 0.224 e. The Morgan fingerprint density at radius 1 is 1.38 bits per heavy atom. The number of thioether (sulfide) groups is 1. The number of hydrogen-bond acceptors (Lipinski definition) is 3. The highest BCUT2D eigenvalue weighted by molar-refractivity contribution is 8.00. The van der Waals surface area contributed by atoms with Crippen LogP contribution < -0.4 is 0 Å². The molecule has 1 aromatic carbocycles. The standard InChI is InChI=1S/C11H15ClO2S2/c1-9(7-8-12)15-10-5-3-4-6-11(10)16(2,13)14/h3-6,9H,7-8H2,1-2H3. The van der Waals surface area contributed by atoms with Crippen molar-refractivity contribution in [3.63, 3.8) is 0 Å². The first-order valence-corrected chi connectivity index (χ1v) is 8.27. The third-order valence-electron chi connectivity index (χ3n) is 2.09. The SMILES string of the molecule is CC(CCCl)Sc1ccccc1S(C)(=O)=O. The topological polar surface area (TPSA) is 34.1 Å². The van der Waals surface area contributed by atoms with Crippen molar-refractivity contribution in [2.24, 2.45) is 0 Å². The van der Waals surface area contributed by atoms with Crippen LogP contribution in [0.15, 0.2) is 34.1 Å². The number of halogens is 1. The molecule has 0 N–H and O–H groups in total. The minimum Gasteiger partial charge on any atom is -0.224 e. The first kappa shape index (κ1) is 13.9. The Hall–Kier alpha value is -0.190. The van der Waals surface area contributed by atoms with Gasteiger partial charge in [0.25, 0.3) is 0 Å². The van der Waals surface area contributed by atoms with E-state index in [0.717, 1.165) is 11.3 Å². The Labute approximate surface area is 106 Å². The summed E-state index contributed by atoms with van der Waals surface area (Å²) in [6.45, 7) is 2.05. The van der Waals surface area contributed by atoms with Crippen LogP contribution in [0.3, 0.4) is 0 Å². The van der Waals surface area contributed by atoms with Crippen LogP contribution in [0.1, 0.15) is 13.3 Å². The van der Waals surface area contributed by atoms with Gasteiger partial charge >= 0.3 is 0 Å². The van der Waals surface area contributed by atoms with Gasteiger partial charge in [0.2, 0.25) is 0 Å². The fraction of sp³-hybridized carbons (Fsp3) is 0.455. The van der Waals surface area contributed by atoms with Crippen LogP contribution in [-0.4, -0.2) is 25.8 Å². The Bertz CT molecular complexity index is 443. The molecule has 0 aliphatic heterocycles. The maximum absolute atomic E-state index is 11.6. The lowest BCUT2D eigenvalue weighted by Crippen LogP contribution is -2.02. The van der Waals surface area contributed by atoms with Crippen LogP contribution in [0.4, 0.5) is 0 Å². The molecule has 0 saturated carbocycles. The molecule has 0 bridgehead atoms. The van der Waals surface area contributed by atoms with E-state index in [2.05, 4.69) is 0 Å². The second kappa shape index (κ2) is 5.94. The molecule has 0 amide bonds. The summed E-state index contributed by atoms with van der Waals surface area (Å²) < 4.78 is 23.1. The van der Waals surface area contributed by atoms with Crippen molar-refractivity contribution < 1.29 is 8.42 Å². The van der Waals surface area contributed by atoms with Crippen molar-refractivity contribution >= 4 is 33.2 Å². The summed E-state index contributed by atoms with van der Waals surface area (Å²) in [6.07, 6.45) is 2.10. The minimum atomic E-state index is -3.15. The van der Waals surface area contributed by atoms with Gasteiger partial charge in [-0.05, 0) is 18.6 Å². The van der Waals surface area contributed by atoms with Crippen molar-refractivity contribution in [3.8, 4) is 0 Å². The molecule has 0 radical (unpaired) electrons. The molecule has 1 rings (SSSR count). The summed E-state index contributed by atoms with van der Waals surface area (Å²) in [6, 6.07) is 7.08. The lowest BCUT2D eigenvalue weighted by Gasteiger charge is -2.12. The fourth-order valence-corrected chi connectivity index (χ4v) is 4.11. The lowest BCUT2D eigenvalue weighted by atomic mass is 10.4. The van der Waals surface area contributed by atoms with Gasteiger partial charge in [0.15, 0.2) is 9.84 Å². The summed E-state index contributed by atoms with van der Waals surface area (Å²) in [7, 11) is -3.15. The molecule has 0 aliphatic carbocycles. The molecule has 0 aromatic heterocycles. The molecule has 90 valence electrons. The predicted octanol–water partition coefficient (Wildman–Crippen LogP) is 3.20. The molecule has 0 aliphatic rings. The molecule has 1 unspecified atom stereocenters. The van der Waals surface area contributed by atoms with Crippen molar-refractivity contribution in [3.05, 3.63) is 24.3 Å². The highest BCUT2D eigenvalue weighted by Crippen LogP contribution is 2.30. The number of benzene rings is 1. The Morgan fingerprint density at radius 2 is 2.00 bits per heavy atom. The fourth-order valence-electron chi connectivity index (χ4n) is 1.28. The molecule has 0 fully saturated rings. The maximum atomic E-state index is 11.6.